The highest BCUT2D eigenvalue weighted by Crippen LogP contribution is 2.35. The Kier molecular flexibility index (Phi) is 6.32. The molecule has 7 nitrogen and oxygen atoms in total. The molecule has 32 heavy (non-hydrogen) atoms. The summed E-state index contributed by atoms with van der Waals surface area (Å²) in [5, 5.41) is 16.2. The number of piperidine rings is 1. The molecule has 174 valence electrons. The van der Waals surface area contributed by atoms with Crippen molar-refractivity contribution >= 4 is 17.5 Å². The Hall–Kier alpha value is -2.95. The van der Waals surface area contributed by atoms with Crippen LogP contribution >= 0.6 is 0 Å². The van der Waals surface area contributed by atoms with Crippen molar-refractivity contribution in [2.45, 2.75) is 50.9 Å². The molecule has 1 aromatic carbocycles. The van der Waals surface area contributed by atoms with E-state index in [-0.39, 0.29) is 24.6 Å². The predicted molar refractivity (Wildman–Crippen MR) is 108 cm³/mol. The molecule has 1 aliphatic rings. The topological polar surface area (TPSA) is 87.5 Å². The van der Waals surface area contributed by atoms with Crippen LogP contribution in [-0.2, 0) is 10.7 Å². The van der Waals surface area contributed by atoms with Gasteiger partial charge in [-0.2, -0.15) is 13.9 Å². The Labute approximate surface area is 182 Å². The van der Waals surface area contributed by atoms with Crippen LogP contribution < -0.4 is 5.32 Å². The van der Waals surface area contributed by atoms with Gasteiger partial charge in [0.25, 0.3) is 11.8 Å². The smallest absolute Gasteiger partial charge is 0.352 e. The van der Waals surface area contributed by atoms with Gasteiger partial charge in [0.15, 0.2) is 5.67 Å². The third-order valence-corrected chi connectivity index (χ3v) is 5.38. The molecule has 1 fully saturated rings. The number of nitrogens with zero attached hydrogens (tertiary/aromatic N) is 3. The zero-order chi connectivity index (χ0) is 23.8. The van der Waals surface area contributed by atoms with Crippen molar-refractivity contribution in [3.05, 3.63) is 47.5 Å². The summed E-state index contributed by atoms with van der Waals surface area (Å²) in [6.45, 7) is 3.68. The van der Waals surface area contributed by atoms with Crippen LogP contribution in [0.1, 0.15) is 49.2 Å². The van der Waals surface area contributed by atoms with E-state index in [0.717, 1.165) is 13.0 Å². The highest BCUT2D eigenvalue weighted by atomic mass is 19.3. The Morgan fingerprint density at radius 3 is 2.62 bits per heavy atom. The van der Waals surface area contributed by atoms with Gasteiger partial charge >= 0.3 is 5.92 Å². The first-order valence-electron chi connectivity index (χ1n) is 10.0. The summed E-state index contributed by atoms with van der Waals surface area (Å²) in [7, 11) is 0. The number of hydrogen-bond donors (Lipinski definition) is 2. The van der Waals surface area contributed by atoms with Crippen molar-refractivity contribution in [1.29, 1.82) is 0 Å². The van der Waals surface area contributed by atoms with E-state index in [9.17, 15) is 32.3 Å². The third kappa shape index (κ3) is 4.62. The molecule has 0 bridgehead atoms. The first-order chi connectivity index (χ1) is 14.8. The molecule has 11 heteroatoms. The molecule has 2 heterocycles. The van der Waals surface area contributed by atoms with Crippen LogP contribution in [0.2, 0.25) is 0 Å². The lowest BCUT2D eigenvalue weighted by Crippen LogP contribution is -2.56. The van der Waals surface area contributed by atoms with Crippen LogP contribution in [-0.4, -0.2) is 56.5 Å². The van der Waals surface area contributed by atoms with Gasteiger partial charge in [0, 0.05) is 24.3 Å². The zero-order valence-corrected chi connectivity index (χ0v) is 17.8. The van der Waals surface area contributed by atoms with Gasteiger partial charge in [0.1, 0.15) is 5.82 Å². The number of benzene rings is 1. The van der Waals surface area contributed by atoms with Gasteiger partial charge in [-0.15, -0.1) is 0 Å². The van der Waals surface area contributed by atoms with Gasteiger partial charge in [0.05, 0.1) is 30.1 Å². The van der Waals surface area contributed by atoms with E-state index >= 15 is 0 Å². The van der Waals surface area contributed by atoms with Gasteiger partial charge in [-0.05, 0) is 45.4 Å². The summed E-state index contributed by atoms with van der Waals surface area (Å²) in [5.41, 5.74) is -3.55. The fraction of sp³-hybridized carbons (Fsp3) is 0.476. The number of rotatable bonds is 5. The second kappa shape index (κ2) is 8.53. The number of alkyl halides is 3. The number of anilines is 1. The van der Waals surface area contributed by atoms with Crippen molar-refractivity contribution in [2.75, 3.05) is 18.4 Å². The fourth-order valence-electron chi connectivity index (χ4n) is 3.42. The molecule has 1 aliphatic heterocycles. The molecule has 2 amide bonds. The summed E-state index contributed by atoms with van der Waals surface area (Å²) < 4.78 is 60.1. The van der Waals surface area contributed by atoms with Crippen molar-refractivity contribution in [1.82, 2.24) is 14.7 Å². The minimum absolute atomic E-state index is 0.0323. The van der Waals surface area contributed by atoms with Crippen LogP contribution in [0.15, 0.2) is 30.6 Å². The number of amides is 2. The first kappa shape index (κ1) is 23.7. The molecule has 1 aromatic heterocycles. The Balaban J connectivity index is 1.83. The third-order valence-electron chi connectivity index (χ3n) is 5.38. The molecule has 3 rings (SSSR count). The van der Waals surface area contributed by atoms with Gasteiger partial charge in [-0.25, -0.2) is 8.78 Å². The van der Waals surface area contributed by atoms with E-state index in [2.05, 4.69) is 10.4 Å². The number of hydrogen-bond acceptors (Lipinski definition) is 4. The number of aliphatic hydroxyl groups excluding tert-OH is 1. The van der Waals surface area contributed by atoms with Crippen LogP contribution in [0.5, 0.6) is 0 Å². The number of aromatic nitrogens is 2. The SMILES string of the molecule is CC(C)n1cc(NC(=O)c2ccc(F)c(C(F)(F)C(=O)N3CCC(O)C(C)(F)C3)c2)cn1. The summed E-state index contributed by atoms with van der Waals surface area (Å²) in [5.74, 6) is -8.33. The first-order valence-corrected chi connectivity index (χ1v) is 10.0. The van der Waals surface area contributed by atoms with E-state index in [0.29, 0.717) is 22.7 Å². The highest BCUT2D eigenvalue weighted by Gasteiger charge is 2.50. The highest BCUT2D eigenvalue weighted by molar-refractivity contribution is 6.04. The molecule has 2 aromatic rings. The number of nitrogens with one attached hydrogen (secondary N) is 1. The molecule has 0 spiro atoms. The van der Waals surface area contributed by atoms with Crippen molar-refractivity contribution in [3.8, 4) is 0 Å². The Morgan fingerprint density at radius 1 is 1.34 bits per heavy atom. The number of aliphatic hydroxyl groups is 1. The number of halogens is 4. The van der Waals surface area contributed by atoms with Crippen LogP contribution in [0.4, 0.5) is 23.2 Å². The van der Waals surface area contributed by atoms with Gasteiger partial charge < -0.3 is 15.3 Å². The summed E-state index contributed by atoms with van der Waals surface area (Å²) in [6.07, 6.45) is 1.29. The monoisotopic (exact) mass is 456 g/mol. The number of carbonyl (C=O) groups is 2. The van der Waals surface area contributed by atoms with E-state index in [4.69, 9.17) is 0 Å². The van der Waals surface area contributed by atoms with Crippen LogP contribution in [0, 0.1) is 5.82 Å². The maximum absolute atomic E-state index is 14.9. The molecule has 0 radical (unpaired) electrons. The lowest BCUT2D eigenvalue weighted by molar-refractivity contribution is -0.167. The largest absolute Gasteiger partial charge is 0.390 e. The minimum Gasteiger partial charge on any atom is -0.390 e. The van der Waals surface area contributed by atoms with E-state index in [1.54, 1.807) is 10.9 Å². The molecule has 2 unspecified atom stereocenters. The average Bonchev–Trinajstić information content (AvgIpc) is 3.18. The van der Waals surface area contributed by atoms with Crippen LogP contribution in [0.3, 0.4) is 0 Å². The summed E-state index contributed by atoms with van der Waals surface area (Å²) >= 11 is 0. The van der Waals surface area contributed by atoms with E-state index < -0.39 is 47.4 Å². The van der Waals surface area contributed by atoms with Crippen LogP contribution in [0.25, 0.3) is 0 Å². The molecule has 2 atom stereocenters. The average molecular weight is 456 g/mol. The zero-order valence-electron chi connectivity index (χ0n) is 17.8. The van der Waals surface area contributed by atoms with Gasteiger partial charge in [-0.1, -0.05) is 0 Å². The van der Waals surface area contributed by atoms with E-state index in [1.807, 2.05) is 13.8 Å². The lowest BCUT2D eigenvalue weighted by Gasteiger charge is -2.39. The standard InChI is InChI=1S/C21H24F4N4O3/c1-12(2)29-10-14(9-26-29)27-18(31)13-4-5-16(22)15(8-13)21(24,25)19(32)28-7-6-17(30)20(3,23)11-28/h4-5,8-10,12,17,30H,6-7,11H2,1-3H3,(H,27,31). The quantitative estimate of drug-likeness (QED) is 0.677. The lowest BCUT2D eigenvalue weighted by atomic mass is 9.92. The Morgan fingerprint density at radius 2 is 2.03 bits per heavy atom. The molecule has 1 saturated heterocycles. The number of likely N-dealkylation sites (tertiary alicyclic amines) is 1. The van der Waals surface area contributed by atoms with Gasteiger partial charge in [-0.3, -0.25) is 14.3 Å². The Bertz CT molecular complexity index is 1020. The molecule has 0 aliphatic carbocycles. The normalized spacial score (nSPS) is 21.7. The molecule has 2 N–H and O–H groups in total. The predicted octanol–water partition coefficient (Wildman–Crippen LogP) is 3.27. The summed E-state index contributed by atoms with van der Waals surface area (Å²) in [6, 6.07) is 2.31. The molecular weight excluding hydrogens is 432 g/mol. The molecule has 0 saturated carbocycles. The minimum atomic E-state index is -4.35. The van der Waals surface area contributed by atoms with E-state index in [1.165, 1.54) is 6.20 Å². The van der Waals surface area contributed by atoms with Crippen molar-refractivity contribution in [3.63, 3.8) is 0 Å². The molecular formula is C21H24F4N4O3. The van der Waals surface area contributed by atoms with Gasteiger partial charge in [0.2, 0.25) is 0 Å². The maximum atomic E-state index is 14.9. The van der Waals surface area contributed by atoms with Crippen molar-refractivity contribution in [2.24, 2.45) is 0 Å². The number of carbonyl (C=O) groups excluding carboxylic acids is 2. The maximum Gasteiger partial charge on any atom is 0.352 e. The second-order valence-electron chi connectivity index (χ2n) is 8.34. The second-order valence-corrected chi connectivity index (χ2v) is 8.34. The van der Waals surface area contributed by atoms with Crippen molar-refractivity contribution < 1.29 is 32.3 Å². The fourth-order valence-corrected chi connectivity index (χ4v) is 3.42. The summed E-state index contributed by atoms with van der Waals surface area (Å²) in [4.78, 5) is 25.5.